The monoisotopic (exact) mass is 284 g/mol. The lowest BCUT2D eigenvalue weighted by molar-refractivity contribution is -0.152. The molecule has 1 aliphatic rings. The van der Waals surface area contributed by atoms with Gasteiger partial charge in [0.25, 0.3) is 5.91 Å². The Labute approximate surface area is 117 Å². The number of nitrogens with zero attached hydrogens (tertiary/aromatic N) is 1. The minimum Gasteiger partial charge on any atom is -0.456 e. The molecule has 1 aliphatic heterocycles. The van der Waals surface area contributed by atoms with Crippen molar-refractivity contribution in [2.75, 3.05) is 13.2 Å². The van der Waals surface area contributed by atoms with Crippen molar-refractivity contribution in [3.63, 3.8) is 0 Å². The first-order valence-electron chi connectivity index (χ1n) is 6.28. The average Bonchev–Trinajstić information content (AvgIpc) is 2.47. The van der Waals surface area contributed by atoms with Crippen molar-refractivity contribution >= 4 is 23.7 Å². The number of carbonyl (C=O) groups is 4. The third-order valence-corrected chi connectivity index (χ3v) is 2.93. The van der Waals surface area contributed by atoms with E-state index < -0.39 is 35.4 Å². The van der Waals surface area contributed by atoms with Crippen LogP contribution in [0.3, 0.4) is 0 Å². The largest absolute Gasteiger partial charge is 0.456 e. The second kappa shape index (κ2) is 5.22. The maximum atomic E-state index is 11.8. The van der Waals surface area contributed by atoms with Gasteiger partial charge in [0.2, 0.25) is 0 Å². The Morgan fingerprint density at radius 1 is 1.25 bits per heavy atom. The third kappa shape index (κ3) is 3.55. The topological polar surface area (TPSA) is 92.8 Å². The lowest BCUT2D eigenvalue weighted by Gasteiger charge is -2.17. The number of amides is 3. The molecule has 20 heavy (non-hydrogen) atoms. The fourth-order valence-electron chi connectivity index (χ4n) is 1.50. The van der Waals surface area contributed by atoms with Gasteiger partial charge in [-0.15, -0.1) is 0 Å². The SMILES string of the molecule is CC(C)(C)C(=O)COC(=O)CN1C(=O)NC(C)(C)C1=O. The predicted octanol–water partition coefficient (Wildman–Crippen LogP) is 0.475. The first kappa shape index (κ1) is 16.1. The van der Waals surface area contributed by atoms with E-state index in [1.165, 1.54) is 0 Å². The van der Waals surface area contributed by atoms with Gasteiger partial charge in [-0.2, -0.15) is 0 Å². The van der Waals surface area contributed by atoms with Gasteiger partial charge in [-0.1, -0.05) is 20.8 Å². The zero-order chi connectivity index (χ0) is 15.7. The second-order valence-electron chi connectivity index (χ2n) is 6.28. The lowest BCUT2D eigenvalue weighted by atomic mass is 9.91. The average molecular weight is 284 g/mol. The van der Waals surface area contributed by atoms with Crippen LogP contribution in [0.1, 0.15) is 34.6 Å². The molecule has 1 N–H and O–H groups in total. The number of ketones is 1. The zero-order valence-electron chi connectivity index (χ0n) is 12.4. The Bertz CT molecular complexity index is 462. The fraction of sp³-hybridized carbons (Fsp3) is 0.692. The number of hydrogen-bond donors (Lipinski definition) is 1. The number of esters is 1. The molecule has 0 aromatic rings. The molecule has 1 fully saturated rings. The molecule has 3 amide bonds. The van der Waals surface area contributed by atoms with Crippen LogP contribution in [0.5, 0.6) is 0 Å². The minimum atomic E-state index is -1.03. The summed E-state index contributed by atoms with van der Waals surface area (Å²) in [6, 6.07) is -0.640. The summed E-state index contributed by atoms with van der Waals surface area (Å²) in [5.41, 5.74) is -1.64. The first-order chi connectivity index (χ1) is 8.95. The third-order valence-electron chi connectivity index (χ3n) is 2.93. The van der Waals surface area contributed by atoms with Crippen LogP contribution in [-0.2, 0) is 19.1 Å². The molecule has 0 saturated carbocycles. The van der Waals surface area contributed by atoms with E-state index in [2.05, 4.69) is 5.32 Å². The van der Waals surface area contributed by atoms with E-state index in [1.807, 2.05) is 0 Å². The van der Waals surface area contributed by atoms with Crippen LogP contribution < -0.4 is 5.32 Å². The molecule has 112 valence electrons. The summed E-state index contributed by atoms with van der Waals surface area (Å²) in [6.07, 6.45) is 0. The molecular formula is C13H20N2O5. The van der Waals surface area contributed by atoms with Crippen LogP contribution in [0.2, 0.25) is 0 Å². The van der Waals surface area contributed by atoms with Gasteiger partial charge in [-0.05, 0) is 13.8 Å². The smallest absolute Gasteiger partial charge is 0.326 e. The maximum absolute atomic E-state index is 11.8. The zero-order valence-corrected chi connectivity index (χ0v) is 12.4. The molecular weight excluding hydrogens is 264 g/mol. The van der Waals surface area contributed by atoms with Crippen LogP contribution in [0.15, 0.2) is 0 Å². The number of Topliss-reactive ketones (excluding diaryl/α,β-unsaturated/α-hetero) is 1. The molecule has 0 aliphatic carbocycles. The van der Waals surface area contributed by atoms with Gasteiger partial charge in [-0.3, -0.25) is 19.3 Å². The maximum Gasteiger partial charge on any atom is 0.326 e. The molecule has 1 saturated heterocycles. The Kier molecular flexibility index (Phi) is 4.21. The van der Waals surface area contributed by atoms with Crippen molar-refractivity contribution in [3.05, 3.63) is 0 Å². The fourth-order valence-corrected chi connectivity index (χ4v) is 1.50. The highest BCUT2D eigenvalue weighted by atomic mass is 16.5. The van der Waals surface area contributed by atoms with E-state index >= 15 is 0 Å². The van der Waals surface area contributed by atoms with E-state index in [9.17, 15) is 19.2 Å². The Balaban J connectivity index is 2.54. The highest BCUT2D eigenvalue weighted by Gasteiger charge is 2.45. The highest BCUT2D eigenvalue weighted by Crippen LogP contribution is 2.17. The van der Waals surface area contributed by atoms with Crippen molar-refractivity contribution in [1.82, 2.24) is 10.2 Å². The molecule has 0 aromatic carbocycles. The molecule has 0 aromatic heterocycles. The molecule has 1 heterocycles. The van der Waals surface area contributed by atoms with Crippen LogP contribution in [0, 0.1) is 5.41 Å². The number of nitrogens with one attached hydrogen (secondary N) is 1. The predicted molar refractivity (Wildman–Crippen MR) is 69.7 cm³/mol. The first-order valence-corrected chi connectivity index (χ1v) is 6.28. The van der Waals surface area contributed by atoms with Gasteiger partial charge in [0.05, 0.1) is 0 Å². The number of rotatable bonds is 4. The molecule has 7 heteroatoms. The minimum absolute atomic E-state index is 0.233. The molecule has 0 spiro atoms. The van der Waals surface area contributed by atoms with E-state index in [1.54, 1.807) is 34.6 Å². The molecule has 7 nitrogen and oxygen atoms in total. The van der Waals surface area contributed by atoms with Crippen molar-refractivity contribution in [2.24, 2.45) is 5.41 Å². The van der Waals surface area contributed by atoms with Crippen LogP contribution in [0.25, 0.3) is 0 Å². The van der Waals surface area contributed by atoms with Crippen LogP contribution in [-0.4, -0.2) is 47.3 Å². The van der Waals surface area contributed by atoms with Crippen molar-refractivity contribution < 1.29 is 23.9 Å². The summed E-state index contributed by atoms with van der Waals surface area (Å²) in [5, 5.41) is 2.45. The quantitative estimate of drug-likeness (QED) is 0.598. The van der Waals surface area contributed by atoms with E-state index in [-0.39, 0.29) is 12.4 Å². The summed E-state index contributed by atoms with van der Waals surface area (Å²) in [4.78, 5) is 47.4. The summed E-state index contributed by atoms with van der Waals surface area (Å²) in [7, 11) is 0. The van der Waals surface area contributed by atoms with Crippen molar-refractivity contribution in [1.29, 1.82) is 0 Å². The van der Waals surface area contributed by atoms with Crippen molar-refractivity contribution in [2.45, 2.75) is 40.2 Å². The second-order valence-corrected chi connectivity index (χ2v) is 6.28. The Morgan fingerprint density at radius 3 is 2.20 bits per heavy atom. The van der Waals surface area contributed by atoms with Gasteiger partial charge < -0.3 is 10.1 Å². The molecule has 0 unspecified atom stereocenters. The molecule has 0 atom stereocenters. The number of imide groups is 1. The molecule has 1 rings (SSSR count). The Morgan fingerprint density at radius 2 is 1.80 bits per heavy atom. The van der Waals surface area contributed by atoms with Crippen LogP contribution >= 0.6 is 0 Å². The summed E-state index contributed by atoms with van der Waals surface area (Å²) < 4.78 is 4.79. The highest BCUT2D eigenvalue weighted by molar-refractivity contribution is 6.08. The number of hydrogen-bond acceptors (Lipinski definition) is 5. The molecule has 0 radical (unpaired) electrons. The van der Waals surface area contributed by atoms with Gasteiger partial charge in [0, 0.05) is 5.41 Å². The van der Waals surface area contributed by atoms with E-state index in [4.69, 9.17) is 4.74 Å². The number of ether oxygens (including phenoxy) is 1. The lowest BCUT2D eigenvalue weighted by Crippen LogP contribution is -2.41. The molecule has 0 bridgehead atoms. The van der Waals surface area contributed by atoms with Gasteiger partial charge in [-0.25, -0.2) is 4.79 Å². The normalized spacial score (nSPS) is 17.9. The van der Waals surface area contributed by atoms with Gasteiger partial charge >= 0.3 is 12.0 Å². The summed E-state index contributed by atoms with van der Waals surface area (Å²) in [5.74, 6) is -1.52. The summed E-state index contributed by atoms with van der Waals surface area (Å²) >= 11 is 0. The summed E-state index contributed by atoms with van der Waals surface area (Å²) in [6.45, 7) is 7.36. The van der Waals surface area contributed by atoms with E-state index in [0.717, 1.165) is 4.90 Å². The standard InChI is InChI=1S/C13H20N2O5/c1-12(2,3)8(16)7-20-9(17)6-15-10(18)13(4,5)14-11(15)19/h6-7H2,1-5H3,(H,14,19). The number of urea groups is 1. The van der Waals surface area contributed by atoms with Gasteiger partial charge in [0.15, 0.2) is 12.4 Å². The van der Waals surface area contributed by atoms with Crippen LogP contribution in [0.4, 0.5) is 4.79 Å². The van der Waals surface area contributed by atoms with E-state index in [0.29, 0.717) is 0 Å². The Hall–Kier alpha value is -1.92. The van der Waals surface area contributed by atoms with Gasteiger partial charge in [0.1, 0.15) is 12.1 Å². The van der Waals surface area contributed by atoms with Crippen molar-refractivity contribution in [3.8, 4) is 0 Å². The number of carbonyl (C=O) groups excluding carboxylic acids is 4.